The Labute approximate surface area is 143 Å². The number of nitrogens with one attached hydrogen (secondary N) is 3. The smallest absolute Gasteiger partial charge is 0.236 e. The number of nitrogens with two attached hydrogens (primary N) is 1. The summed E-state index contributed by atoms with van der Waals surface area (Å²) >= 11 is 0. The van der Waals surface area contributed by atoms with Crippen molar-refractivity contribution in [3.8, 4) is 0 Å². The summed E-state index contributed by atoms with van der Waals surface area (Å²) in [4.78, 5) is 16.4. The number of nitrogens with zero attached hydrogens (tertiary/aromatic N) is 2. The van der Waals surface area contributed by atoms with Gasteiger partial charge in [-0.25, -0.2) is 0 Å². The van der Waals surface area contributed by atoms with Gasteiger partial charge in [0, 0.05) is 43.1 Å². The Morgan fingerprint density at radius 2 is 1.75 bits per heavy atom. The molecule has 0 radical (unpaired) electrons. The molecule has 1 heterocycles. The van der Waals surface area contributed by atoms with Crippen molar-refractivity contribution in [1.82, 2.24) is 10.2 Å². The number of hydrogen-bond donors (Lipinski definition) is 4. The zero-order chi connectivity index (χ0) is 17.7. The molecule has 0 spiro atoms. The van der Waals surface area contributed by atoms with Crippen molar-refractivity contribution in [2.24, 2.45) is 5.73 Å². The Morgan fingerprint density at radius 3 is 2.25 bits per heavy atom. The predicted octanol–water partition coefficient (Wildman–Crippen LogP) is 1.03. The highest BCUT2D eigenvalue weighted by atomic mass is 16.2. The van der Waals surface area contributed by atoms with Crippen LogP contribution in [0.5, 0.6) is 0 Å². The molecule has 2 rings (SSSR count). The van der Waals surface area contributed by atoms with Crippen molar-refractivity contribution >= 4 is 23.2 Å². The second-order valence-corrected chi connectivity index (χ2v) is 7.06. The van der Waals surface area contributed by atoms with E-state index in [0.29, 0.717) is 6.54 Å². The molecular formula is C17H28N6O. The standard InChI is InChI=1S/C17H28N6O/c1-17(2,3)20-12-15(24)23-10-8-22(9-11-23)14-6-4-13(5-7-14)21-16(18)19/h4-7,20H,8-12H2,1-3H3,(H4,18,19,21). The summed E-state index contributed by atoms with van der Waals surface area (Å²) in [7, 11) is 0. The largest absolute Gasteiger partial charge is 0.370 e. The molecular weight excluding hydrogens is 304 g/mol. The zero-order valence-corrected chi connectivity index (χ0v) is 14.7. The number of rotatable bonds is 4. The minimum Gasteiger partial charge on any atom is -0.370 e. The third kappa shape index (κ3) is 5.42. The summed E-state index contributed by atoms with van der Waals surface area (Å²) in [6.07, 6.45) is 0. The fraction of sp³-hybridized carbons (Fsp3) is 0.529. The lowest BCUT2D eigenvalue weighted by molar-refractivity contribution is -0.130. The average molecular weight is 332 g/mol. The highest BCUT2D eigenvalue weighted by molar-refractivity contribution is 5.89. The summed E-state index contributed by atoms with van der Waals surface area (Å²) in [6, 6.07) is 7.82. The number of carbonyl (C=O) groups is 1. The molecule has 7 heteroatoms. The van der Waals surface area contributed by atoms with E-state index in [1.54, 1.807) is 0 Å². The molecule has 0 aliphatic carbocycles. The summed E-state index contributed by atoms with van der Waals surface area (Å²) < 4.78 is 0. The number of guanidine groups is 1. The van der Waals surface area contributed by atoms with E-state index in [4.69, 9.17) is 11.1 Å². The first-order chi connectivity index (χ1) is 11.2. The van der Waals surface area contributed by atoms with Crippen molar-refractivity contribution in [1.29, 1.82) is 5.41 Å². The van der Waals surface area contributed by atoms with E-state index in [2.05, 4.69) is 36.3 Å². The molecule has 5 N–H and O–H groups in total. The van der Waals surface area contributed by atoms with Crippen molar-refractivity contribution in [3.63, 3.8) is 0 Å². The number of piperazine rings is 1. The lowest BCUT2D eigenvalue weighted by Gasteiger charge is -2.36. The van der Waals surface area contributed by atoms with Gasteiger partial charge in [-0.15, -0.1) is 0 Å². The molecule has 24 heavy (non-hydrogen) atoms. The van der Waals surface area contributed by atoms with Gasteiger partial charge in [0.15, 0.2) is 5.96 Å². The maximum Gasteiger partial charge on any atom is 0.236 e. The van der Waals surface area contributed by atoms with Gasteiger partial charge in [0.05, 0.1) is 6.54 Å². The Bertz CT molecular complexity index is 570. The van der Waals surface area contributed by atoms with Crippen LogP contribution in [0.3, 0.4) is 0 Å². The van der Waals surface area contributed by atoms with Crippen LogP contribution in [0.25, 0.3) is 0 Å². The van der Waals surface area contributed by atoms with Crippen LogP contribution in [0.15, 0.2) is 24.3 Å². The zero-order valence-electron chi connectivity index (χ0n) is 14.7. The van der Waals surface area contributed by atoms with Gasteiger partial charge < -0.3 is 26.2 Å². The summed E-state index contributed by atoms with van der Waals surface area (Å²) in [5.41, 5.74) is 7.19. The van der Waals surface area contributed by atoms with E-state index in [1.165, 1.54) is 0 Å². The molecule has 1 saturated heterocycles. The second kappa shape index (κ2) is 7.53. The fourth-order valence-corrected chi connectivity index (χ4v) is 2.58. The molecule has 1 aliphatic heterocycles. The van der Waals surface area contributed by atoms with E-state index in [0.717, 1.165) is 37.6 Å². The predicted molar refractivity (Wildman–Crippen MR) is 98.5 cm³/mol. The van der Waals surface area contributed by atoms with Gasteiger partial charge in [-0.1, -0.05) is 0 Å². The molecule has 7 nitrogen and oxygen atoms in total. The monoisotopic (exact) mass is 332 g/mol. The molecule has 1 aromatic rings. The Balaban J connectivity index is 1.84. The van der Waals surface area contributed by atoms with Gasteiger partial charge in [0.25, 0.3) is 0 Å². The number of hydrogen-bond acceptors (Lipinski definition) is 4. The van der Waals surface area contributed by atoms with Gasteiger partial charge >= 0.3 is 0 Å². The molecule has 0 unspecified atom stereocenters. The van der Waals surface area contributed by atoms with Gasteiger partial charge in [0.2, 0.25) is 5.91 Å². The fourth-order valence-electron chi connectivity index (χ4n) is 2.58. The van der Waals surface area contributed by atoms with Gasteiger partial charge in [-0.05, 0) is 45.0 Å². The first kappa shape index (κ1) is 18.1. The third-order valence-electron chi connectivity index (χ3n) is 3.91. The van der Waals surface area contributed by atoms with E-state index >= 15 is 0 Å². The normalized spacial score (nSPS) is 15.3. The van der Waals surface area contributed by atoms with Gasteiger partial charge in [-0.3, -0.25) is 10.2 Å². The summed E-state index contributed by atoms with van der Waals surface area (Å²) in [6.45, 7) is 9.67. The third-order valence-corrected chi connectivity index (χ3v) is 3.91. The molecule has 1 aliphatic rings. The minimum atomic E-state index is -0.0706. The quantitative estimate of drug-likeness (QED) is 0.488. The maximum atomic E-state index is 12.2. The van der Waals surface area contributed by atoms with Crippen LogP contribution < -0.4 is 21.3 Å². The summed E-state index contributed by atoms with van der Waals surface area (Å²) in [5.74, 6) is 0.0873. The van der Waals surface area contributed by atoms with Gasteiger partial charge in [0.1, 0.15) is 0 Å². The molecule has 0 bridgehead atoms. The average Bonchev–Trinajstić information content (AvgIpc) is 2.52. The topological polar surface area (TPSA) is 97.5 Å². The van der Waals surface area contributed by atoms with Crippen molar-refractivity contribution in [2.45, 2.75) is 26.3 Å². The lowest BCUT2D eigenvalue weighted by Crippen LogP contribution is -2.52. The van der Waals surface area contributed by atoms with Crippen LogP contribution in [-0.2, 0) is 4.79 Å². The van der Waals surface area contributed by atoms with E-state index < -0.39 is 0 Å². The SMILES string of the molecule is CC(C)(C)NCC(=O)N1CCN(c2ccc(NC(=N)N)cc2)CC1. The highest BCUT2D eigenvalue weighted by Gasteiger charge is 2.22. The molecule has 1 fully saturated rings. The van der Waals surface area contributed by atoms with Crippen LogP contribution in [-0.4, -0.2) is 55.0 Å². The van der Waals surface area contributed by atoms with Crippen molar-refractivity contribution in [3.05, 3.63) is 24.3 Å². The van der Waals surface area contributed by atoms with E-state index in [1.807, 2.05) is 29.2 Å². The lowest BCUT2D eigenvalue weighted by atomic mass is 10.1. The number of benzene rings is 1. The van der Waals surface area contributed by atoms with E-state index in [9.17, 15) is 4.79 Å². The molecule has 1 amide bonds. The molecule has 0 atom stereocenters. The molecule has 0 saturated carbocycles. The van der Waals surface area contributed by atoms with Crippen LogP contribution in [0, 0.1) is 5.41 Å². The number of amides is 1. The molecule has 0 aromatic heterocycles. The molecule has 132 valence electrons. The van der Waals surface area contributed by atoms with Crippen LogP contribution in [0.4, 0.5) is 11.4 Å². The highest BCUT2D eigenvalue weighted by Crippen LogP contribution is 2.19. The van der Waals surface area contributed by atoms with Crippen molar-refractivity contribution in [2.75, 3.05) is 42.9 Å². The second-order valence-electron chi connectivity index (χ2n) is 7.06. The van der Waals surface area contributed by atoms with Crippen LogP contribution >= 0.6 is 0 Å². The summed E-state index contributed by atoms with van der Waals surface area (Å²) in [5, 5.41) is 13.2. The Morgan fingerprint density at radius 1 is 1.17 bits per heavy atom. The Hall–Kier alpha value is -2.28. The first-order valence-corrected chi connectivity index (χ1v) is 8.23. The number of anilines is 2. The van der Waals surface area contributed by atoms with E-state index in [-0.39, 0.29) is 17.4 Å². The maximum absolute atomic E-state index is 12.2. The van der Waals surface area contributed by atoms with Crippen LogP contribution in [0.2, 0.25) is 0 Å². The first-order valence-electron chi connectivity index (χ1n) is 8.23. The minimum absolute atomic E-state index is 0.0485. The van der Waals surface area contributed by atoms with Crippen molar-refractivity contribution < 1.29 is 4.79 Å². The Kier molecular flexibility index (Phi) is 5.66. The van der Waals surface area contributed by atoms with Gasteiger partial charge in [-0.2, -0.15) is 0 Å². The van der Waals surface area contributed by atoms with Crippen LogP contribution in [0.1, 0.15) is 20.8 Å². The molecule has 1 aromatic carbocycles. The number of carbonyl (C=O) groups excluding carboxylic acids is 1.